The summed E-state index contributed by atoms with van der Waals surface area (Å²) < 4.78 is 0. The molecule has 0 spiro atoms. The minimum absolute atomic E-state index is 0.130. The van der Waals surface area contributed by atoms with Crippen molar-refractivity contribution in [3.8, 4) is 0 Å². The Kier molecular flexibility index (Phi) is 4.42. The van der Waals surface area contributed by atoms with E-state index in [1.165, 1.54) is 32.4 Å². The first-order valence-corrected chi connectivity index (χ1v) is 7.04. The van der Waals surface area contributed by atoms with Crippen molar-refractivity contribution in [2.24, 2.45) is 5.73 Å². The van der Waals surface area contributed by atoms with Gasteiger partial charge in [0, 0.05) is 37.3 Å². The lowest BCUT2D eigenvalue weighted by Gasteiger charge is -2.38. The lowest BCUT2D eigenvalue weighted by atomic mass is 9.87. The van der Waals surface area contributed by atoms with Crippen molar-refractivity contribution in [2.45, 2.75) is 56.7 Å². The number of fused-ring (bicyclic) bond motifs is 1. The number of nitrogens with two attached hydrogens (primary N) is 1. The third-order valence-corrected chi connectivity index (χ3v) is 4.54. The number of aliphatic hydroxyl groups is 1. The van der Waals surface area contributed by atoms with E-state index in [-0.39, 0.29) is 12.1 Å². The number of rotatable bonds is 6. The van der Waals surface area contributed by atoms with Gasteiger partial charge in [-0.2, -0.15) is 0 Å². The molecule has 2 fully saturated rings. The van der Waals surface area contributed by atoms with Crippen molar-refractivity contribution >= 4 is 0 Å². The fourth-order valence-corrected chi connectivity index (χ4v) is 3.66. The van der Waals surface area contributed by atoms with Gasteiger partial charge in [0.05, 0.1) is 0 Å². The molecule has 100 valence electrons. The van der Waals surface area contributed by atoms with E-state index >= 15 is 0 Å². The number of hydrogen-bond acceptors (Lipinski definition) is 4. The second kappa shape index (κ2) is 5.65. The van der Waals surface area contributed by atoms with Gasteiger partial charge in [0.1, 0.15) is 0 Å². The zero-order chi connectivity index (χ0) is 12.3. The van der Waals surface area contributed by atoms with Crippen molar-refractivity contribution in [2.75, 3.05) is 26.2 Å². The fraction of sp³-hybridized carbons (Fsp3) is 1.00. The van der Waals surface area contributed by atoms with Gasteiger partial charge in [0.2, 0.25) is 0 Å². The number of nitrogens with one attached hydrogen (secondary N) is 1. The van der Waals surface area contributed by atoms with Gasteiger partial charge in [-0.1, -0.05) is 0 Å². The average molecular weight is 241 g/mol. The normalized spacial score (nSPS) is 35.1. The molecule has 0 aromatic carbocycles. The van der Waals surface area contributed by atoms with Crippen LogP contribution in [0.5, 0.6) is 0 Å². The average Bonchev–Trinajstić information content (AvgIpc) is 2.91. The summed E-state index contributed by atoms with van der Waals surface area (Å²) in [5.41, 5.74) is 6.19. The van der Waals surface area contributed by atoms with Crippen LogP contribution in [0.15, 0.2) is 0 Å². The van der Waals surface area contributed by atoms with Crippen LogP contribution < -0.4 is 11.1 Å². The molecule has 17 heavy (non-hydrogen) atoms. The van der Waals surface area contributed by atoms with Crippen molar-refractivity contribution in [1.29, 1.82) is 0 Å². The maximum Gasteiger partial charge on any atom is 0.0475 e. The molecule has 0 amide bonds. The summed E-state index contributed by atoms with van der Waals surface area (Å²) in [7, 11) is 0. The molecule has 0 bridgehead atoms. The third-order valence-electron chi connectivity index (χ3n) is 4.54. The minimum Gasteiger partial charge on any atom is -0.396 e. The molecule has 2 aliphatic rings. The first-order valence-electron chi connectivity index (χ1n) is 7.04. The Labute approximate surface area is 105 Å². The number of aliphatic hydroxyl groups excluding tert-OH is 1. The van der Waals surface area contributed by atoms with Gasteiger partial charge in [0.15, 0.2) is 0 Å². The Morgan fingerprint density at radius 2 is 2.35 bits per heavy atom. The Hall–Kier alpha value is -0.160. The van der Waals surface area contributed by atoms with Crippen LogP contribution in [0.4, 0.5) is 0 Å². The topological polar surface area (TPSA) is 61.5 Å². The molecular weight excluding hydrogens is 214 g/mol. The maximum atomic E-state index is 8.89. The molecule has 4 heteroatoms. The predicted molar refractivity (Wildman–Crippen MR) is 69.9 cm³/mol. The lowest BCUT2D eigenvalue weighted by Crippen LogP contribution is -2.60. The summed E-state index contributed by atoms with van der Waals surface area (Å²) in [6, 6.07) is 1.09. The highest BCUT2D eigenvalue weighted by atomic mass is 16.2. The highest BCUT2D eigenvalue weighted by Gasteiger charge is 2.48. The van der Waals surface area contributed by atoms with Crippen LogP contribution >= 0.6 is 0 Å². The van der Waals surface area contributed by atoms with Crippen LogP contribution in [-0.2, 0) is 0 Å². The van der Waals surface area contributed by atoms with Gasteiger partial charge >= 0.3 is 0 Å². The molecule has 0 aromatic rings. The van der Waals surface area contributed by atoms with Crippen molar-refractivity contribution in [1.82, 2.24) is 10.2 Å². The van der Waals surface area contributed by atoms with Crippen LogP contribution in [0.3, 0.4) is 0 Å². The standard InChI is InChI=1S/C13H27N3O/c1-11(4-3-9-17)15-13(10-14)6-8-16-7-2-5-12(13)16/h11-12,15,17H,2-10,14H2,1H3. The van der Waals surface area contributed by atoms with Gasteiger partial charge in [0.25, 0.3) is 0 Å². The van der Waals surface area contributed by atoms with E-state index in [4.69, 9.17) is 10.8 Å². The number of hydrogen-bond donors (Lipinski definition) is 3. The second-order valence-corrected chi connectivity index (χ2v) is 5.72. The molecule has 4 nitrogen and oxygen atoms in total. The van der Waals surface area contributed by atoms with E-state index in [1.54, 1.807) is 0 Å². The molecule has 0 aromatic heterocycles. The molecule has 2 saturated heterocycles. The van der Waals surface area contributed by atoms with E-state index in [2.05, 4.69) is 17.1 Å². The van der Waals surface area contributed by atoms with E-state index in [0.29, 0.717) is 12.1 Å². The van der Waals surface area contributed by atoms with Crippen molar-refractivity contribution in [3.05, 3.63) is 0 Å². The van der Waals surface area contributed by atoms with Gasteiger partial charge in [-0.05, 0) is 45.6 Å². The largest absolute Gasteiger partial charge is 0.396 e. The lowest BCUT2D eigenvalue weighted by molar-refractivity contribution is 0.204. The van der Waals surface area contributed by atoms with Crippen molar-refractivity contribution in [3.63, 3.8) is 0 Å². The van der Waals surface area contributed by atoms with Gasteiger partial charge in [-0.3, -0.25) is 4.90 Å². The summed E-state index contributed by atoms with van der Waals surface area (Å²) in [4.78, 5) is 2.60. The number of nitrogens with zero attached hydrogens (tertiary/aromatic N) is 1. The smallest absolute Gasteiger partial charge is 0.0475 e. The molecule has 0 radical (unpaired) electrons. The first-order chi connectivity index (χ1) is 8.22. The molecule has 2 aliphatic heterocycles. The fourth-order valence-electron chi connectivity index (χ4n) is 3.66. The van der Waals surface area contributed by atoms with Gasteiger partial charge < -0.3 is 16.2 Å². The zero-order valence-corrected chi connectivity index (χ0v) is 11.0. The molecule has 0 aliphatic carbocycles. The SMILES string of the molecule is CC(CCCO)NC1(CN)CCN2CCCC21. The molecular formula is C13H27N3O. The monoisotopic (exact) mass is 241 g/mol. The minimum atomic E-state index is 0.130. The summed E-state index contributed by atoms with van der Waals surface area (Å²) in [5, 5.41) is 12.7. The molecule has 2 heterocycles. The van der Waals surface area contributed by atoms with Gasteiger partial charge in [-0.15, -0.1) is 0 Å². The van der Waals surface area contributed by atoms with Crippen LogP contribution in [0, 0.1) is 0 Å². The predicted octanol–water partition coefficient (Wildman–Crippen LogP) is 0.303. The van der Waals surface area contributed by atoms with E-state index in [0.717, 1.165) is 19.4 Å². The van der Waals surface area contributed by atoms with E-state index in [9.17, 15) is 0 Å². The third kappa shape index (κ3) is 2.65. The molecule has 3 atom stereocenters. The Bertz CT molecular complexity index is 249. The van der Waals surface area contributed by atoms with Crippen LogP contribution in [0.1, 0.15) is 39.0 Å². The van der Waals surface area contributed by atoms with Crippen molar-refractivity contribution < 1.29 is 5.11 Å². The maximum absolute atomic E-state index is 8.89. The summed E-state index contributed by atoms with van der Waals surface area (Å²) in [5.74, 6) is 0. The molecule has 4 N–H and O–H groups in total. The summed E-state index contributed by atoms with van der Waals surface area (Å²) in [6.07, 6.45) is 5.70. The van der Waals surface area contributed by atoms with E-state index in [1.807, 2.05) is 0 Å². The highest BCUT2D eigenvalue weighted by Crippen LogP contribution is 2.35. The van der Waals surface area contributed by atoms with Gasteiger partial charge in [-0.25, -0.2) is 0 Å². The molecule has 2 rings (SSSR count). The summed E-state index contributed by atoms with van der Waals surface area (Å²) >= 11 is 0. The van der Waals surface area contributed by atoms with Crippen LogP contribution in [0.2, 0.25) is 0 Å². The molecule has 0 saturated carbocycles. The first kappa shape index (κ1) is 13.3. The summed E-state index contributed by atoms with van der Waals surface area (Å²) in [6.45, 7) is 5.68. The Balaban J connectivity index is 1.95. The quantitative estimate of drug-likeness (QED) is 0.626. The second-order valence-electron chi connectivity index (χ2n) is 5.72. The Morgan fingerprint density at radius 3 is 3.06 bits per heavy atom. The van der Waals surface area contributed by atoms with Crippen LogP contribution in [-0.4, -0.2) is 53.9 Å². The van der Waals surface area contributed by atoms with Crippen LogP contribution in [0.25, 0.3) is 0 Å². The zero-order valence-electron chi connectivity index (χ0n) is 11.0. The van der Waals surface area contributed by atoms with E-state index < -0.39 is 0 Å². The highest BCUT2D eigenvalue weighted by molar-refractivity contribution is 5.09. The Morgan fingerprint density at radius 1 is 1.53 bits per heavy atom. The molecule has 3 unspecified atom stereocenters.